The van der Waals surface area contributed by atoms with Crippen LogP contribution in [0.1, 0.15) is 39.0 Å². The van der Waals surface area contributed by atoms with Crippen LogP contribution in [0.15, 0.2) is 30.5 Å². The Labute approximate surface area is 252 Å². The molecule has 0 radical (unpaired) electrons. The Morgan fingerprint density at radius 3 is 2.84 bits per heavy atom. The number of aromatic hydroxyl groups is 1. The van der Waals surface area contributed by atoms with E-state index in [2.05, 4.69) is 15.3 Å². The summed E-state index contributed by atoms with van der Waals surface area (Å²) in [6, 6.07) is 4.99. The highest BCUT2D eigenvalue weighted by atomic mass is 19.2. The van der Waals surface area contributed by atoms with Gasteiger partial charge in [-0.3, -0.25) is 4.98 Å². The van der Waals surface area contributed by atoms with E-state index >= 15 is 8.78 Å². The summed E-state index contributed by atoms with van der Waals surface area (Å²) in [5.74, 6) is -3.13. The average Bonchev–Trinajstić information content (AvgIpc) is 3.34. The smallest absolute Gasteiger partial charge is 0.319 e. The first-order valence-corrected chi connectivity index (χ1v) is 15.0. The molecule has 1 aliphatic carbocycles. The quantitative estimate of drug-likeness (QED) is 0.292. The number of phenolic OH excluding ortho intramolecular Hbond substituents is 1. The van der Waals surface area contributed by atoms with Gasteiger partial charge in [0.1, 0.15) is 28.4 Å². The number of nitrogens with one attached hydrogen (secondary N) is 1. The van der Waals surface area contributed by atoms with Crippen LogP contribution < -0.4 is 15.0 Å². The number of hydrogen-bond acceptors (Lipinski definition) is 9. The van der Waals surface area contributed by atoms with Gasteiger partial charge in [0.2, 0.25) is 0 Å². The second kappa shape index (κ2) is 11.0. The molecule has 2 saturated heterocycles. The molecule has 3 N–H and O–H groups in total. The molecule has 4 aromatic rings. The fraction of sp³-hybridized carbons (Fsp3) is 0.469. The van der Waals surface area contributed by atoms with E-state index in [0.717, 1.165) is 50.8 Å². The summed E-state index contributed by atoms with van der Waals surface area (Å²) in [5.41, 5.74) is -1.83. The number of fused-ring (bicyclic) bond motifs is 3. The average molecular weight is 610 g/mol. The van der Waals surface area contributed by atoms with Crippen LogP contribution in [-0.2, 0) is 4.74 Å². The summed E-state index contributed by atoms with van der Waals surface area (Å²) in [7, 11) is 0. The summed E-state index contributed by atoms with van der Waals surface area (Å²) in [6.07, 6.45) is 6.57. The maximum absolute atomic E-state index is 16.6. The second-order valence-corrected chi connectivity index (χ2v) is 12.6. The lowest BCUT2D eigenvalue weighted by atomic mass is 9.76. The SMILES string of the molecule is C[C@@]1(O)COCCN(c2nc(OC[C@@]34CCCN[C@@H]3CCC4)nc3c(F)c(-c4cc(O)cc5ccc(F)c(F)c45)ncc23)C1. The van der Waals surface area contributed by atoms with Crippen molar-refractivity contribution in [3.05, 3.63) is 47.9 Å². The Morgan fingerprint density at radius 2 is 1.98 bits per heavy atom. The molecule has 7 rings (SSSR count). The first-order chi connectivity index (χ1) is 21.1. The van der Waals surface area contributed by atoms with Gasteiger partial charge in [-0.15, -0.1) is 0 Å². The highest BCUT2D eigenvalue weighted by molar-refractivity contribution is 6.00. The van der Waals surface area contributed by atoms with Gasteiger partial charge in [-0.05, 0) is 62.7 Å². The molecule has 3 aliphatic rings. The number of anilines is 1. The van der Waals surface area contributed by atoms with Gasteiger partial charge in [-0.1, -0.05) is 12.5 Å². The van der Waals surface area contributed by atoms with E-state index in [4.69, 9.17) is 14.5 Å². The van der Waals surface area contributed by atoms with E-state index in [1.807, 2.05) is 0 Å². The molecule has 232 valence electrons. The van der Waals surface area contributed by atoms with Crippen LogP contribution in [0.5, 0.6) is 11.8 Å². The monoisotopic (exact) mass is 609 g/mol. The summed E-state index contributed by atoms with van der Waals surface area (Å²) >= 11 is 0. The van der Waals surface area contributed by atoms with Gasteiger partial charge in [0.25, 0.3) is 0 Å². The number of nitrogens with zero attached hydrogens (tertiary/aromatic N) is 4. The number of benzene rings is 2. The lowest BCUT2D eigenvalue weighted by Crippen LogP contribution is -2.49. The fourth-order valence-corrected chi connectivity index (χ4v) is 7.19. The number of hydrogen-bond donors (Lipinski definition) is 3. The van der Waals surface area contributed by atoms with Crippen molar-refractivity contribution in [2.75, 3.05) is 44.4 Å². The third-order valence-electron chi connectivity index (χ3n) is 9.28. The minimum atomic E-state index is -1.20. The third-order valence-corrected chi connectivity index (χ3v) is 9.28. The van der Waals surface area contributed by atoms with Crippen molar-refractivity contribution in [1.29, 1.82) is 0 Å². The summed E-state index contributed by atoms with van der Waals surface area (Å²) < 4.78 is 57.9. The Balaban J connectivity index is 1.38. The van der Waals surface area contributed by atoms with Crippen LogP contribution in [0, 0.1) is 22.9 Å². The van der Waals surface area contributed by atoms with Crippen LogP contribution in [-0.4, -0.2) is 76.3 Å². The molecule has 2 aromatic heterocycles. The second-order valence-electron chi connectivity index (χ2n) is 12.6. The number of ether oxygens (including phenoxy) is 2. The summed E-state index contributed by atoms with van der Waals surface area (Å²) in [6.45, 7) is 3.92. The van der Waals surface area contributed by atoms with Crippen molar-refractivity contribution < 1.29 is 32.9 Å². The van der Waals surface area contributed by atoms with Gasteiger partial charge in [-0.25, -0.2) is 13.2 Å². The number of piperidine rings is 1. The van der Waals surface area contributed by atoms with Gasteiger partial charge in [0.15, 0.2) is 17.5 Å². The van der Waals surface area contributed by atoms with Crippen molar-refractivity contribution in [2.24, 2.45) is 5.41 Å². The predicted molar refractivity (Wildman–Crippen MR) is 158 cm³/mol. The van der Waals surface area contributed by atoms with Crippen molar-refractivity contribution in [1.82, 2.24) is 20.3 Å². The zero-order valence-corrected chi connectivity index (χ0v) is 24.4. The molecule has 0 amide bonds. The van der Waals surface area contributed by atoms with Crippen molar-refractivity contribution >= 4 is 27.5 Å². The minimum Gasteiger partial charge on any atom is -0.508 e. The summed E-state index contributed by atoms with van der Waals surface area (Å²) in [5, 5.41) is 25.1. The summed E-state index contributed by atoms with van der Waals surface area (Å²) in [4.78, 5) is 15.3. The standard InChI is InChI=1S/C32H34F3N5O4/c1-31(42)15-40(10-11-43-16-31)29-21-14-37-27(20-13-19(41)12-18-5-6-22(33)25(34)24(18)20)26(35)28(21)38-30(39-29)44-17-32-7-2-4-23(32)36-9-3-8-32/h5-6,12-14,23,36,41-42H,2-4,7-11,15-17H2,1H3/t23-,31+,32-/m1/s1. The van der Waals surface area contributed by atoms with Gasteiger partial charge in [0.05, 0.1) is 31.8 Å². The lowest BCUT2D eigenvalue weighted by Gasteiger charge is -2.39. The van der Waals surface area contributed by atoms with E-state index in [1.54, 1.807) is 11.8 Å². The zero-order chi connectivity index (χ0) is 30.6. The molecule has 44 heavy (non-hydrogen) atoms. The van der Waals surface area contributed by atoms with Gasteiger partial charge < -0.3 is 29.9 Å². The molecular weight excluding hydrogens is 575 g/mol. The topological polar surface area (TPSA) is 113 Å². The Bertz CT molecular complexity index is 1760. The first kappa shape index (κ1) is 29.0. The molecule has 9 nitrogen and oxygen atoms in total. The number of β-amino-alcohol motifs (C(OH)–C–C–N with tert-alkyl or cyclic N) is 1. The number of phenols is 1. The van der Waals surface area contributed by atoms with E-state index in [0.29, 0.717) is 31.6 Å². The van der Waals surface area contributed by atoms with Crippen molar-refractivity contribution in [2.45, 2.75) is 50.7 Å². The molecule has 3 atom stereocenters. The maximum Gasteiger partial charge on any atom is 0.319 e. The largest absolute Gasteiger partial charge is 0.508 e. The molecule has 2 aliphatic heterocycles. The fourth-order valence-electron chi connectivity index (χ4n) is 7.19. The molecule has 1 saturated carbocycles. The minimum absolute atomic E-state index is 0.0306. The molecule has 0 bridgehead atoms. The molecule has 4 heterocycles. The molecule has 12 heteroatoms. The molecule has 0 spiro atoms. The third kappa shape index (κ3) is 5.08. The Kier molecular flexibility index (Phi) is 7.25. The van der Waals surface area contributed by atoms with E-state index in [9.17, 15) is 14.6 Å². The normalized spacial score (nSPS) is 25.8. The number of aliphatic hydroxyl groups is 1. The van der Waals surface area contributed by atoms with Gasteiger partial charge >= 0.3 is 6.01 Å². The number of rotatable bonds is 5. The Morgan fingerprint density at radius 1 is 1.14 bits per heavy atom. The zero-order valence-electron chi connectivity index (χ0n) is 24.4. The maximum atomic E-state index is 16.6. The van der Waals surface area contributed by atoms with Gasteiger partial charge in [-0.2, -0.15) is 9.97 Å². The highest BCUT2D eigenvalue weighted by Crippen LogP contribution is 2.45. The van der Waals surface area contributed by atoms with Crippen LogP contribution in [0.4, 0.5) is 19.0 Å². The van der Waals surface area contributed by atoms with Crippen LogP contribution in [0.25, 0.3) is 32.9 Å². The molecular formula is C32H34F3N5O4. The van der Waals surface area contributed by atoms with Gasteiger partial charge in [0, 0.05) is 35.1 Å². The number of halogens is 3. The molecule has 0 unspecified atom stereocenters. The van der Waals surface area contributed by atoms with Crippen molar-refractivity contribution in [3.8, 4) is 23.0 Å². The number of aromatic nitrogens is 3. The number of pyridine rings is 1. The first-order valence-electron chi connectivity index (χ1n) is 15.0. The Hall–Kier alpha value is -3.74. The van der Waals surface area contributed by atoms with Crippen LogP contribution in [0.3, 0.4) is 0 Å². The van der Waals surface area contributed by atoms with Crippen molar-refractivity contribution in [3.63, 3.8) is 0 Å². The van der Waals surface area contributed by atoms with E-state index in [1.165, 1.54) is 18.3 Å². The lowest BCUT2D eigenvalue weighted by molar-refractivity contribution is -0.0123. The molecule has 2 aromatic carbocycles. The highest BCUT2D eigenvalue weighted by Gasteiger charge is 2.45. The van der Waals surface area contributed by atoms with Crippen LogP contribution in [0.2, 0.25) is 0 Å². The molecule has 3 fully saturated rings. The van der Waals surface area contributed by atoms with E-state index < -0.39 is 23.1 Å². The van der Waals surface area contributed by atoms with Crippen LogP contribution >= 0.6 is 0 Å². The predicted octanol–water partition coefficient (Wildman–Crippen LogP) is 4.86. The van der Waals surface area contributed by atoms with E-state index in [-0.39, 0.29) is 63.3 Å².